The van der Waals surface area contributed by atoms with Crippen LogP contribution in [0.3, 0.4) is 0 Å². The second kappa shape index (κ2) is 6.60. The summed E-state index contributed by atoms with van der Waals surface area (Å²) < 4.78 is 10.7. The summed E-state index contributed by atoms with van der Waals surface area (Å²) >= 11 is 0. The Balaban J connectivity index is 1.68. The number of ether oxygens (including phenoxy) is 2. The van der Waals surface area contributed by atoms with Gasteiger partial charge in [-0.2, -0.15) is 0 Å². The molecule has 2 amide bonds. The highest BCUT2D eigenvalue weighted by atomic mass is 16.7. The normalized spacial score (nSPS) is 12.1. The van der Waals surface area contributed by atoms with Gasteiger partial charge in [-0.05, 0) is 49.2 Å². The van der Waals surface area contributed by atoms with Crippen molar-refractivity contribution in [2.45, 2.75) is 20.4 Å². The Morgan fingerprint density at radius 3 is 2.78 bits per heavy atom. The van der Waals surface area contributed by atoms with Gasteiger partial charge in [-0.25, -0.2) is 4.79 Å². The molecule has 0 fully saturated rings. The number of benzene rings is 2. The molecule has 0 saturated carbocycles. The highest BCUT2D eigenvalue weighted by Gasteiger charge is 2.16. The number of hydrogen-bond acceptors (Lipinski definition) is 3. The maximum Gasteiger partial charge on any atom is 0.322 e. The molecular weight excluding hydrogens is 292 g/mol. The summed E-state index contributed by atoms with van der Waals surface area (Å²) in [5.74, 6) is 1.48. The Hall–Kier alpha value is -2.69. The first kappa shape index (κ1) is 15.2. The zero-order valence-corrected chi connectivity index (χ0v) is 13.3. The van der Waals surface area contributed by atoms with Crippen molar-refractivity contribution >= 4 is 11.7 Å². The average Bonchev–Trinajstić information content (AvgIpc) is 3.00. The highest BCUT2D eigenvalue weighted by molar-refractivity contribution is 5.89. The fraction of sp³-hybridized carbons (Fsp3) is 0.278. The van der Waals surface area contributed by atoms with Crippen molar-refractivity contribution < 1.29 is 14.3 Å². The van der Waals surface area contributed by atoms with E-state index in [1.165, 1.54) is 0 Å². The lowest BCUT2D eigenvalue weighted by Gasteiger charge is -2.21. The van der Waals surface area contributed by atoms with Crippen LogP contribution in [-0.2, 0) is 6.54 Å². The van der Waals surface area contributed by atoms with Gasteiger partial charge in [-0.1, -0.05) is 18.2 Å². The minimum atomic E-state index is -0.115. The lowest BCUT2D eigenvalue weighted by Crippen LogP contribution is -2.34. The summed E-state index contributed by atoms with van der Waals surface area (Å²) in [5, 5.41) is 2.94. The summed E-state index contributed by atoms with van der Waals surface area (Å²) in [5.41, 5.74) is 2.93. The molecule has 5 heteroatoms. The van der Waals surface area contributed by atoms with Crippen LogP contribution in [0.15, 0.2) is 42.5 Å². The second-order valence-electron chi connectivity index (χ2n) is 5.50. The average molecular weight is 312 g/mol. The molecule has 0 spiro atoms. The highest BCUT2D eigenvalue weighted by Crippen LogP contribution is 2.32. The topological polar surface area (TPSA) is 50.8 Å². The zero-order valence-electron chi connectivity index (χ0n) is 13.3. The molecule has 0 bridgehead atoms. The van der Waals surface area contributed by atoms with Crippen molar-refractivity contribution in [3.05, 3.63) is 53.6 Å². The largest absolute Gasteiger partial charge is 0.454 e. The molecule has 1 N–H and O–H groups in total. The lowest BCUT2D eigenvalue weighted by molar-refractivity contribution is 0.174. The molecule has 2 aromatic carbocycles. The molecule has 5 nitrogen and oxygen atoms in total. The number of nitrogens with zero attached hydrogens (tertiary/aromatic N) is 1. The molecular formula is C18H20N2O3. The Labute approximate surface area is 135 Å². The predicted octanol–water partition coefficient (Wildman–Crippen LogP) is 3.78. The maximum atomic E-state index is 12.5. The van der Waals surface area contributed by atoms with Gasteiger partial charge in [0, 0.05) is 18.8 Å². The Morgan fingerprint density at radius 2 is 2.00 bits per heavy atom. The van der Waals surface area contributed by atoms with E-state index in [9.17, 15) is 4.79 Å². The van der Waals surface area contributed by atoms with Crippen LogP contribution < -0.4 is 14.8 Å². The monoisotopic (exact) mass is 312 g/mol. The van der Waals surface area contributed by atoms with Crippen LogP contribution in [0.2, 0.25) is 0 Å². The minimum Gasteiger partial charge on any atom is -0.454 e. The van der Waals surface area contributed by atoms with E-state index in [1.807, 2.05) is 56.3 Å². The van der Waals surface area contributed by atoms with Gasteiger partial charge in [0.25, 0.3) is 0 Å². The Kier molecular flexibility index (Phi) is 4.37. The first-order valence-electron chi connectivity index (χ1n) is 7.67. The van der Waals surface area contributed by atoms with E-state index in [4.69, 9.17) is 9.47 Å². The van der Waals surface area contributed by atoms with Crippen molar-refractivity contribution in [2.75, 3.05) is 18.7 Å². The van der Waals surface area contributed by atoms with Crippen LogP contribution in [0.25, 0.3) is 0 Å². The van der Waals surface area contributed by atoms with Crippen LogP contribution in [0, 0.1) is 6.92 Å². The number of hydrogen-bond donors (Lipinski definition) is 1. The summed E-state index contributed by atoms with van der Waals surface area (Å²) in [6.07, 6.45) is 0. The zero-order chi connectivity index (χ0) is 16.2. The number of aryl methyl sites for hydroxylation is 1. The smallest absolute Gasteiger partial charge is 0.322 e. The minimum absolute atomic E-state index is 0.115. The third-order valence-corrected chi connectivity index (χ3v) is 3.75. The van der Waals surface area contributed by atoms with Crippen molar-refractivity contribution in [1.29, 1.82) is 0 Å². The molecule has 1 heterocycles. The van der Waals surface area contributed by atoms with Gasteiger partial charge >= 0.3 is 6.03 Å². The quantitative estimate of drug-likeness (QED) is 0.935. The van der Waals surface area contributed by atoms with E-state index in [-0.39, 0.29) is 12.8 Å². The number of nitrogens with one attached hydrogen (secondary N) is 1. The molecule has 1 aliphatic heterocycles. The number of rotatable bonds is 4. The van der Waals surface area contributed by atoms with E-state index < -0.39 is 0 Å². The molecule has 23 heavy (non-hydrogen) atoms. The van der Waals surface area contributed by atoms with E-state index >= 15 is 0 Å². The van der Waals surface area contributed by atoms with E-state index in [0.29, 0.717) is 13.1 Å². The molecule has 0 radical (unpaired) electrons. The molecule has 0 saturated heterocycles. The Morgan fingerprint density at radius 1 is 1.17 bits per heavy atom. The van der Waals surface area contributed by atoms with E-state index in [2.05, 4.69) is 5.32 Å². The van der Waals surface area contributed by atoms with Gasteiger partial charge in [0.05, 0.1) is 0 Å². The number of amides is 2. The molecule has 0 aromatic heterocycles. The predicted molar refractivity (Wildman–Crippen MR) is 88.8 cm³/mol. The molecule has 120 valence electrons. The van der Waals surface area contributed by atoms with Crippen molar-refractivity contribution in [1.82, 2.24) is 4.90 Å². The fourth-order valence-electron chi connectivity index (χ4n) is 2.51. The van der Waals surface area contributed by atoms with Gasteiger partial charge in [0.2, 0.25) is 6.79 Å². The summed E-state index contributed by atoms with van der Waals surface area (Å²) in [4.78, 5) is 14.2. The van der Waals surface area contributed by atoms with Gasteiger partial charge in [-0.15, -0.1) is 0 Å². The van der Waals surface area contributed by atoms with Crippen LogP contribution in [0.4, 0.5) is 10.5 Å². The summed E-state index contributed by atoms with van der Waals surface area (Å²) in [6.45, 7) is 5.35. The van der Waals surface area contributed by atoms with Crippen molar-refractivity contribution in [2.24, 2.45) is 0 Å². The summed E-state index contributed by atoms with van der Waals surface area (Å²) in [7, 11) is 0. The lowest BCUT2D eigenvalue weighted by atomic mass is 10.2. The van der Waals surface area contributed by atoms with Gasteiger partial charge in [-0.3, -0.25) is 0 Å². The summed E-state index contributed by atoms with van der Waals surface area (Å²) in [6, 6.07) is 13.4. The van der Waals surface area contributed by atoms with Gasteiger partial charge < -0.3 is 19.7 Å². The van der Waals surface area contributed by atoms with E-state index in [0.717, 1.165) is 28.3 Å². The number of urea groups is 1. The first-order valence-corrected chi connectivity index (χ1v) is 7.67. The second-order valence-corrected chi connectivity index (χ2v) is 5.50. The first-order chi connectivity index (χ1) is 11.2. The molecule has 3 rings (SSSR count). The number of anilines is 1. The molecule has 0 atom stereocenters. The van der Waals surface area contributed by atoms with Crippen LogP contribution in [0.1, 0.15) is 18.1 Å². The fourth-order valence-corrected chi connectivity index (χ4v) is 2.51. The van der Waals surface area contributed by atoms with Crippen molar-refractivity contribution in [3.63, 3.8) is 0 Å². The van der Waals surface area contributed by atoms with Gasteiger partial charge in [0.1, 0.15) is 0 Å². The molecule has 2 aromatic rings. The molecule has 0 unspecified atom stereocenters. The SMILES string of the molecule is CCN(Cc1ccc2c(c1)OCO2)C(=O)Nc1cccc(C)c1. The Bertz CT molecular complexity index is 715. The molecule has 0 aliphatic carbocycles. The van der Waals surface area contributed by atoms with Crippen LogP contribution in [0.5, 0.6) is 11.5 Å². The van der Waals surface area contributed by atoms with E-state index in [1.54, 1.807) is 4.90 Å². The van der Waals surface area contributed by atoms with Gasteiger partial charge in [0.15, 0.2) is 11.5 Å². The molecule has 1 aliphatic rings. The standard InChI is InChI=1S/C18H20N2O3/c1-3-20(18(21)19-15-6-4-5-13(2)9-15)11-14-7-8-16-17(10-14)23-12-22-16/h4-10H,3,11-12H2,1-2H3,(H,19,21). The van der Waals surface area contributed by atoms with Crippen molar-refractivity contribution in [3.8, 4) is 11.5 Å². The van der Waals surface area contributed by atoms with Crippen LogP contribution in [-0.4, -0.2) is 24.3 Å². The van der Waals surface area contributed by atoms with Crippen LogP contribution >= 0.6 is 0 Å². The third kappa shape index (κ3) is 3.56. The number of carbonyl (C=O) groups is 1. The number of fused-ring (bicyclic) bond motifs is 1. The third-order valence-electron chi connectivity index (χ3n) is 3.75. The maximum absolute atomic E-state index is 12.5. The number of carbonyl (C=O) groups excluding carboxylic acids is 1.